The fourth-order valence-corrected chi connectivity index (χ4v) is 6.89. The minimum absolute atomic E-state index is 0.213. The van der Waals surface area contributed by atoms with Crippen molar-refractivity contribution in [2.75, 3.05) is 13.2 Å². The van der Waals surface area contributed by atoms with Gasteiger partial charge in [-0.15, -0.1) is 0 Å². The number of carbonyl (C=O) groups excluding carboxylic acids is 2. The van der Waals surface area contributed by atoms with E-state index in [9.17, 15) is 14.2 Å². The summed E-state index contributed by atoms with van der Waals surface area (Å²) < 4.78 is 26.4. The summed E-state index contributed by atoms with van der Waals surface area (Å²) in [6.45, 7) is 3.67. The zero-order valence-electron chi connectivity index (χ0n) is 35.1. The molecule has 0 saturated heterocycles. The number of hydrogen-bond donors (Lipinski definition) is 2. The highest BCUT2D eigenvalue weighted by atomic mass is 31.2. The van der Waals surface area contributed by atoms with Gasteiger partial charge in [-0.25, -0.2) is 4.57 Å². The van der Waals surface area contributed by atoms with Crippen molar-refractivity contribution in [1.29, 1.82) is 0 Å². The maximum atomic E-state index is 12.4. The maximum absolute atomic E-state index is 12.4. The molecule has 0 aromatic carbocycles. The van der Waals surface area contributed by atoms with E-state index < -0.39 is 32.5 Å². The molecule has 0 aliphatic rings. The topological polar surface area (TPSA) is 119 Å². The molecule has 8 nitrogen and oxygen atoms in total. The molecule has 0 aliphatic carbocycles. The molecule has 0 amide bonds. The van der Waals surface area contributed by atoms with E-state index >= 15 is 0 Å². The van der Waals surface area contributed by atoms with Crippen molar-refractivity contribution in [3.8, 4) is 0 Å². The summed E-state index contributed by atoms with van der Waals surface area (Å²) in [5.74, 6) is -0.879. The number of allylic oxidation sites excluding steroid dienone is 4. The zero-order chi connectivity index (χ0) is 39.6. The van der Waals surface area contributed by atoms with E-state index in [1.165, 1.54) is 161 Å². The molecule has 2 N–H and O–H groups in total. The minimum Gasteiger partial charge on any atom is -0.462 e. The van der Waals surface area contributed by atoms with Crippen LogP contribution in [0, 0.1) is 0 Å². The first-order chi connectivity index (χ1) is 26.3. The quantitative estimate of drug-likeness (QED) is 0.0272. The van der Waals surface area contributed by atoms with E-state index in [-0.39, 0.29) is 19.4 Å². The van der Waals surface area contributed by atoms with Gasteiger partial charge >= 0.3 is 19.8 Å². The van der Waals surface area contributed by atoms with Crippen LogP contribution in [-0.2, 0) is 28.2 Å². The molecular weight excluding hydrogens is 699 g/mol. The third-order valence-corrected chi connectivity index (χ3v) is 10.4. The standard InChI is InChI=1S/C45H85O8P/c1-3-5-7-9-11-13-15-17-19-20-21-22-23-24-26-28-30-32-34-36-38-40-45(47)53-43(42-52-54(48,49)50)41-51-44(46)39-37-35-33-31-29-27-25-18-16-14-12-10-8-6-4-2/h10,12,17,19,43H,3-9,11,13-16,18,20-42H2,1-2H3,(H2,48,49,50)/b12-10+,19-17+/t43-/m1/s1. The van der Waals surface area contributed by atoms with Crippen molar-refractivity contribution in [1.82, 2.24) is 0 Å². The fourth-order valence-electron chi connectivity index (χ4n) is 6.53. The van der Waals surface area contributed by atoms with Gasteiger partial charge in [0.1, 0.15) is 6.61 Å². The number of phosphoric acid groups is 1. The highest BCUT2D eigenvalue weighted by Crippen LogP contribution is 2.36. The molecule has 1 atom stereocenters. The Morgan fingerprint density at radius 1 is 0.463 bits per heavy atom. The molecule has 0 heterocycles. The highest BCUT2D eigenvalue weighted by molar-refractivity contribution is 7.46. The molecule has 0 spiro atoms. The molecule has 0 radical (unpaired) electrons. The zero-order valence-corrected chi connectivity index (χ0v) is 36.0. The molecular formula is C45H85O8P. The second-order valence-electron chi connectivity index (χ2n) is 15.4. The Labute approximate surface area is 332 Å². The Bertz CT molecular complexity index is 931. The third kappa shape index (κ3) is 43.3. The van der Waals surface area contributed by atoms with Gasteiger partial charge in [0.05, 0.1) is 6.61 Å². The van der Waals surface area contributed by atoms with Gasteiger partial charge in [-0.1, -0.05) is 186 Å². The van der Waals surface area contributed by atoms with Crippen LogP contribution in [0.1, 0.15) is 232 Å². The number of hydrogen-bond acceptors (Lipinski definition) is 6. The predicted octanol–water partition coefficient (Wildman–Crippen LogP) is 14.0. The summed E-state index contributed by atoms with van der Waals surface area (Å²) >= 11 is 0. The van der Waals surface area contributed by atoms with Gasteiger partial charge < -0.3 is 19.3 Å². The first-order valence-corrected chi connectivity index (χ1v) is 24.2. The molecule has 0 aromatic rings. The van der Waals surface area contributed by atoms with Crippen molar-refractivity contribution in [2.24, 2.45) is 0 Å². The fraction of sp³-hybridized carbons (Fsp3) is 0.867. The number of esters is 2. The Kier molecular flexibility index (Phi) is 40.1. The lowest BCUT2D eigenvalue weighted by atomic mass is 10.0. The molecule has 0 fully saturated rings. The van der Waals surface area contributed by atoms with E-state index in [0.29, 0.717) is 6.42 Å². The summed E-state index contributed by atoms with van der Waals surface area (Å²) in [6.07, 6.45) is 47.6. The number of ether oxygens (including phenoxy) is 2. The van der Waals surface area contributed by atoms with Crippen LogP contribution in [0.4, 0.5) is 0 Å². The van der Waals surface area contributed by atoms with Gasteiger partial charge in [-0.3, -0.25) is 14.1 Å². The number of unbranched alkanes of at least 4 members (excludes halogenated alkanes) is 28. The van der Waals surface area contributed by atoms with Gasteiger partial charge in [-0.05, 0) is 57.8 Å². The van der Waals surface area contributed by atoms with Gasteiger partial charge in [0, 0.05) is 12.8 Å². The van der Waals surface area contributed by atoms with Crippen LogP contribution in [0.25, 0.3) is 0 Å². The van der Waals surface area contributed by atoms with Gasteiger partial charge in [0.2, 0.25) is 0 Å². The molecule has 0 aromatic heterocycles. The Morgan fingerprint density at radius 2 is 0.796 bits per heavy atom. The smallest absolute Gasteiger partial charge is 0.462 e. The van der Waals surface area contributed by atoms with Gasteiger partial charge in [-0.2, -0.15) is 0 Å². The summed E-state index contributed by atoms with van der Waals surface area (Å²) in [5, 5.41) is 0. The van der Waals surface area contributed by atoms with E-state index in [1.807, 2.05) is 0 Å². The normalized spacial score (nSPS) is 12.6. The Morgan fingerprint density at radius 3 is 1.19 bits per heavy atom. The lowest BCUT2D eigenvalue weighted by molar-refractivity contribution is -0.161. The second kappa shape index (κ2) is 41.2. The van der Waals surface area contributed by atoms with Crippen LogP contribution in [0.3, 0.4) is 0 Å². The van der Waals surface area contributed by atoms with Crippen LogP contribution < -0.4 is 0 Å². The number of rotatable bonds is 42. The first-order valence-electron chi connectivity index (χ1n) is 22.6. The molecule has 0 saturated carbocycles. The Balaban J connectivity index is 3.84. The van der Waals surface area contributed by atoms with Crippen LogP contribution in [0.5, 0.6) is 0 Å². The van der Waals surface area contributed by atoms with E-state index in [0.717, 1.165) is 38.5 Å². The maximum Gasteiger partial charge on any atom is 0.469 e. The summed E-state index contributed by atoms with van der Waals surface area (Å²) in [5.41, 5.74) is 0. The molecule has 0 unspecified atom stereocenters. The lowest BCUT2D eigenvalue weighted by Gasteiger charge is -2.18. The van der Waals surface area contributed by atoms with E-state index in [2.05, 4.69) is 42.7 Å². The molecule has 9 heteroatoms. The van der Waals surface area contributed by atoms with Crippen LogP contribution >= 0.6 is 7.82 Å². The highest BCUT2D eigenvalue weighted by Gasteiger charge is 2.23. The Hall–Kier alpha value is -1.47. The van der Waals surface area contributed by atoms with Crippen LogP contribution in [0.2, 0.25) is 0 Å². The van der Waals surface area contributed by atoms with Crippen LogP contribution in [-0.4, -0.2) is 41.0 Å². The van der Waals surface area contributed by atoms with E-state index in [4.69, 9.17) is 19.3 Å². The average Bonchev–Trinajstić information content (AvgIpc) is 3.14. The number of carbonyl (C=O) groups is 2. The minimum atomic E-state index is -4.75. The largest absolute Gasteiger partial charge is 0.469 e. The van der Waals surface area contributed by atoms with Gasteiger partial charge in [0.15, 0.2) is 6.10 Å². The average molecular weight is 785 g/mol. The monoisotopic (exact) mass is 785 g/mol. The molecule has 0 rings (SSSR count). The third-order valence-electron chi connectivity index (χ3n) is 9.94. The molecule has 0 bridgehead atoms. The summed E-state index contributed by atoms with van der Waals surface area (Å²) in [4.78, 5) is 42.9. The van der Waals surface area contributed by atoms with Crippen LogP contribution in [0.15, 0.2) is 24.3 Å². The SMILES string of the molecule is CCCC/C=C/CCCCCCCCCCCC(=O)OC[C@H](COP(=O)(O)O)OC(=O)CCCCCCCCCCCCC/C=C/CCCCCCCC. The van der Waals surface area contributed by atoms with Crippen molar-refractivity contribution in [3.63, 3.8) is 0 Å². The van der Waals surface area contributed by atoms with Crippen molar-refractivity contribution < 1.29 is 37.9 Å². The van der Waals surface area contributed by atoms with Crippen molar-refractivity contribution in [3.05, 3.63) is 24.3 Å². The van der Waals surface area contributed by atoms with E-state index in [1.54, 1.807) is 0 Å². The molecule has 318 valence electrons. The van der Waals surface area contributed by atoms with Crippen molar-refractivity contribution in [2.45, 2.75) is 238 Å². The van der Waals surface area contributed by atoms with Crippen molar-refractivity contribution >= 4 is 19.8 Å². The number of phosphoric ester groups is 1. The molecule has 0 aliphatic heterocycles. The van der Waals surface area contributed by atoms with Gasteiger partial charge in [0.25, 0.3) is 0 Å². The predicted molar refractivity (Wildman–Crippen MR) is 225 cm³/mol. The summed E-state index contributed by atoms with van der Waals surface area (Å²) in [6, 6.07) is 0. The summed E-state index contributed by atoms with van der Waals surface area (Å²) in [7, 11) is -4.75. The first kappa shape index (κ1) is 52.5. The molecule has 54 heavy (non-hydrogen) atoms. The second-order valence-corrected chi connectivity index (χ2v) is 16.6. The lowest BCUT2D eigenvalue weighted by Crippen LogP contribution is -2.29.